The van der Waals surface area contributed by atoms with Gasteiger partial charge in [0.15, 0.2) is 0 Å². The lowest BCUT2D eigenvalue weighted by Gasteiger charge is -2.32. The van der Waals surface area contributed by atoms with Gasteiger partial charge >= 0.3 is 6.18 Å². The highest BCUT2D eigenvalue weighted by atomic mass is 35.5. The maximum atomic E-state index is 13.2. The molecule has 1 fully saturated rings. The van der Waals surface area contributed by atoms with Crippen molar-refractivity contribution in [3.8, 4) is 0 Å². The van der Waals surface area contributed by atoms with Crippen molar-refractivity contribution in [2.24, 2.45) is 5.92 Å². The number of hydrogen-bond donors (Lipinski definition) is 1. The number of piperidine rings is 1. The van der Waals surface area contributed by atoms with Gasteiger partial charge in [0.2, 0.25) is 5.91 Å². The Kier molecular flexibility index (Phi) is 5.74. The summed E-state index contributed by atoms with van der Waals surface area (Å²) in [5, 5.41) is 2.60. The average molecular weight is 417 g/mol. The number of rotatable bonds is 3. The van der Waals surface area contributed by atoms with Crippen LogP contribution in [0.4, 0.5) is 29.1 Å². The zero-order valence-electron chi connectivity index (χ0n) is 14.9. The van der Waals surface area contributed by atoms with Crippen LogP contribution in [-0.4, -0.2) is 29.0 Å². The third kappa shape index (κ3) is 4.70. The molecule has 3 rings (SSSR count). The van der Waals surface area contributed by atoms with Crippen LogP contribution in [0, 0.1) is 18.7 Å². The van der Waals surface area contributed by atoms with E-state index in [-0.39, 0.29) is 28.5 Å². The highest BCUT2D eigenvalue weighted by Gasteiger charge is 2.34. The SMILES string of the molecule is Cc1nc(N2CCC(C(=O)Nc3ccc(F)c(Cl)c3)CC2)cc(C(F)(F)F)n1. The second-order valence-corrected chi connectivity index (χ2v) is 6.94. The molecular weight excluding hydrogens is 400 g/mol. The summed E-state index contributed by atoms with van der Waals surface area (Å²) in [6.45, 7) is 2.18. The van der Waals surface area contributed by atoms with Crippen LogP contribution in [0.3, 0.4) is 0 Å². The summed E-state index contributed by atoms with van der Waals surface area (Å²) in [5.74, 6) is -0.893. The maximum absolute atomic E-state index is 13.2. The molecule has 10 heteroatoms. The van der Waals surface area contributed by atoms with Crippen LogP contribution >= 0.6 is 11.6 Å². The molecule has 28 heavy (non-hydrogen) atoms. The molecule has 0 bridgehead atoms. The molecule has 1 amide bonds. The molecule has 0 aliphatic carbocycles. The largest absolute Gasteiger partial charge is 0.433 e. The van der Waals surface area contributed by atoms with E-state index >= 15 is 0 Å². The second kappa shape index (κ2) is 7.90. The van der Waals surface area contributed by atoms with Gasteiger partial charge in [-0.25, -0.2) is 14.4 Å². The number of alkyl halides is 3. The lowest BCUT2D eigenvalue weighted by atomic mass is 9.95. The van der Waals surface area contributed by atoms with Crippen LogP contribution in [0.5, 0.6) is 0 Å². The molecule has 150 valence electrons. The molecule has 0 spiro atoms. The molecule has 0 radical (unpaired) electrons. The van der Waals surface area contributed by atoms with E-state index in [2.05, 4.69) is 15.3 Å². The van der Waals surface area contributed by atoms with Gasteiger partial charge in [0.25, 0.3) is 0 Å². The predicted molar refractivity (Wildman–Crippen MR) is 96.7 cm³/mol. The summed E-state index contributed by atoms with van der Waals surface area (Å²) in [6.07, 6.45) is -3.65. The molecule has 5 nitrogen and oxygen atoms in total. The Morgan fingerprint density at radius 2 is 1.89 bits per heavy atom. The lowest BCUT2D eigenvalue weighted by Crippen LogP contribution is -2.38. The highest BCUT2D eigenvalue weighted by molar-refractivity contribution is 6.31. The maximum Gasteiger partial charge on any atom is 0.433 e. The van der Waals surface area contributed by atoms with E-state index in [9.17, 15) is 22.4 Å². The summed E-state index contributed by atoms with van der Waals surface area (Å²) in [4.78, 5) is 21.6. The van der Waals surface area contributed by atoms with Crippen LogP contribution in [0.1, 0.15) is 24.4 Å². The molecule has 2 heterocycles. The lowest BCUT2D eigenvalue weighted by molar-refractivity contribution is -0.141. The Morgan fingerprint density at radius 3 is 2.50 bits per heavy atom. The Hall–Kier alpha value is -2.42. The van der Waals surface area contributed by atoms with Crippen LogP contribution in [0.2, 0.25) is 5.02 Å². The topological polar surface area (TPSA) is 58.1 Å². The number of carbonyl (C=O) groups is 1. The first-order chi connectivity index (χ1) is 13.1. The molecule has 1 aliphatic rings. The Labute approximate surface area is 163 Å². The molecule has 1 aliphatic heterocycles. The van der Waals surface area contributed by atoms with E-state index in [0.717, 1.165) is 12.1 Å². The van der Waals surface area contributed by atoms with Gasteiger partial charge in [-0.1, -0.05) is 11.6 Å². The molecular formula is C18H17ClF4N4O. The van der Waals surface area contributed by atoms with Gasteiger partial charge in [0, 0.05) is 30.8 Å². The average Bonchev–Trinajstić information content (AvgIpc) is 2.63. The number of carbonyl (C=O) groups excluding carboxylic acids is 1. The Bertz CT molecular complexity index is 882. The normalized spacial score (nSPS) is 15.6. The van der Waals surface area contributed by atoms with E-state index < -0.39 is 17.7 Å². The molecule has 1 aromatic heterocycles. The van der Waals surface area contributed by atoms with E-state index in [0.29, 0.717) is 31.6 Å². The van der Waals surface area contributed by atoms with Crippen molar-refractivity contribution in [2.75, 3.05) is 23.3 Å². The van der Waals surface area contributed by atoms with Crippen LogP contribution < -0.4 is 10.2 Å². The summed E-state index contributed by atoms with van der Waals surface area (Å²) in [7, 11) is 0. The third-order valence-corrected chi connectivity index (χ3v) is 4.78. The summed E-state index contributed by atoms with van der Waals surface area (Å²) in [5.41, 5.74) is -0.594. The van der Waals surface area contributed by atoms with Crippen molar-refractivity contribution < 1.29 is 22.4 Å². The number of anilines is 2. The van der Waals surface area contributed by atoms with Gasteiger partial charge in [-0.2, -0.15) is 13.2 Å². The number of halogens is 5. The van der Waals surface area contributed by atoms with Crippen molar-refractivity contribution in [1.29, 1.82) is 0 Å². The van der Waals surface area contributed by atoms with Crippen molar-refractivity contribution in [1.82, 2.24) is 9.97 Å². The van der Waals surface area contributed by atoms with Crippen LogP contribution in [0.15, 0.2) is 24.3 Å². The van der Waals surface area contributed by atoms with Gasteiger partial charge in [0.1, 0.15) is 23.2 Å². The fraction of sp³-hybridized carbons (Fsp3) is 0.389. The number of amides is 1. The van der Waals surface area contributed by atoms with Crippen LogP contribution in [-0.2, 0) is 11.0 Å². The quantitative estimate of drug-likeness (QED) is 0.751. The zero-order valence-corrected chi connectivity index (χ0v) is 15.6. The van der Waals surface area contributed by atoms with Crippen molar-refractivity contribution >= 4 is 29.0 Å². The van der Waals surface area contributed by atoms with Crippen molar-refractivity contribution in [2.45, 2.75) is 25.9 Å². The van der Waals surface area contributed by atoms with Gasteiger partial charge in [-0.05, 0) is 38.0 Å². The standard InChI is InChI=1S/C18H17ClF4N4O/c1-10-24-15(18(21,22)23)9-16(25-10)27-6-4-11(5-7-27)17(28)26-12-2-3-14(20)13(19)8-12/h2-3,8-9,11H,4-7H2,1H3,(H,26,28). The molecule has 1 saturated heterocycles. The minimum absolute atomic E-state index is 0.0397. The Balaban J connectivity index is 1.63. The second-order valence-electron chi connectivity index (χ2n) is 6.54. The Morgan fingerprint density at radius 1 is 1.21 bits per heavy atom. The number of hydrogen-bond acceptors (Lipinski definition) is 4. The first-order valence-electron chi connectivity index (χ1n) is 8.57. The minimum atomic E-state index is -4.54. The first-order valence-corrected chi connectivity index (χ1v) is 8.95. The van der Waals surface area contributed by atoms with E-state index in [1.54, 1.807) is 4.90 Å². The van der Waals surface area contributed by atoms with E-state index in [1.165, 1.54) is 19.1 Å². The predicted octanol–water partition coefficient (Wildman–Crippen LogP) is 4.45. The molecule has 1 N–H and O–H groups in total. The number of benzene rings is 1. The molecule has 0 unspecified atom stereocenters. The van der Waals surface area contributed by atoms with Gasteiger partial charge in [-0.15, -0.1) is 0 Å². The third-order valence-electron chi connectivity index (χ3n) is 4.49. The molecule has 2 aromatic rings. The van der Waals surface area contributed by atoms with Gasteiger partial charge in [0.05, 0.1) is 5.02 Å². The monoisotopic (exact) mass is 416 g/mol. The fourth-order valence-electron chi connectivity index (χ4n) is 3.05. The number of nitrogens with one attached hydrogen (secondary N) is 1. The number of nitrogens with zero attached hydrogens (tertiary/aromatic N) is 3. The smallest absolute Gasteiger partial charge is 0.356 e. The van der Waals surface area contributed by atoms with Crippen LogP contribution in [0.25, 0.3) is 0 Å². The first kappa shape index (κ1) is 20.3. The van der Waals surface area contributed by atoms with E-state index in [1.807, 2.05) is 0 Å². The zero-order chi connectivity index (χ0) is 20.5. The molecule has 0 saturated carbocycles. The summed E-state index contributed by atoms with van der Waals surface area (Å²) < 4.78 is 52.0. The van der Waals surface area contributed by atoms with Crippen molar-refractivity contribution in [3.05, 3.63) is 46.6 Å². The van der Waals surface area contributed by atoms with Crippen molar-refractivity contribution in [3.63, 3.8) is 0 Å². The summed E-state index contributed by atoms with van der Waals surface area (Å²) in [6, 6.07) is 4.83. The highest BCUT2D eigenvalue weighted by Crippen LogP contribution is 2.31. The summed E-state index contributed by atoms with van der Waals surface area (Å²) >= 11 is 5.70. The van der Waals surface area contributed by atoms with Gasteiger partial charge < -0.3 is 10.2 Å². The van der Waals surface area contributed by atoms with Gasteiger partial charge in [-0.3, -0.25) is 4.79 Å². The number of aromatic nitrogens is 2. The van der Waals surface area contributed by atoms with E-state index in [4.69, 9.17) is 11.6 Å². The fourth-order valence-corrected chi connectivity index (χ4v) is 3.23. The minimum Gasteiger partial charge on any atom is -0.356 e. The molecule has 1 aromatic carbocycles. The number of aryl methyl sites for hydroxylation is 1. The molecule has 0 atom stereocenters.